The molecule has 1 unspecified atom stereocenters. The summed E-state index contributed by atoms with van der Waals surface area (Å²) in [5, 5.41) is 8.88. The van der Waals surface area contributed by atoms with Gasteiger partial charge in [-0.05, 0) is 77.0 Å². The van der Waals surface area contributed by atoms with Gasteiger partial charge in [-0.3, -0.25) is 23.4 Å². The van der Waals surface area contributed by atoms with Crippen molar-refractivity contribution in [2.75, 3.05) is 19.8 Å². The molecule has 0 heterocycles. The first-order valence-electron chi connectivity index (χ1n) is 21.3. The number of carboxylic acid groups (broad SMARTS) is 1. The zero-order valence-electron chi connectivity index (χ0n) is 34.7. The molecule has 12 heteroatoms. The normalized spacial score (nSPS) is 14.4. The predicted octanol–water partition coefficient (Wildman–Crippen LogP) is 11.2. The van der Waals surface area contributed by atoms with E-state index in [9.17, 15) is 23.8 Å². The second-order valence-corrected chi connectivity index (χ2v) is 15.6. The third kappa shape index (κ3) is 38.1. The fraction of sp³-hybridized carbons (Fsp3) is 0.705. The molecule has 0 amide bonds. The highest BCUT2D eigenvalue weighted by atomic mass is 31.2. The van der Waals surface area contributed by atoms with Crippen molar-refractivity contribution in [2.24, 2.45) is 5.73 Å². The first-order valence-corrected chi connectivity index (χ1v) is 22.8. The number of carbonyl (C=O) groups excluding carboxylic acids is 2. The number of phosphoric acid groups is 1. The van der Waals surface area contributed by atoms with E-state index in [0.29, 0.717) is 12.8 Å². The van der Waals surface area contributed by atoms with Crippen LogP contribution in [0.25, 0.3) is 0 Å². The summed E-state index contributed by atoms with van der Waals surface area (Å²) < 4.78 is 32.6. The minimum absolute atomic E-state index is 0.120. The third-order valence-corrected chi connectivity index (χ3v) is 9.67. The van der Waals surface area contributed by atoms with E-state index in [2.05, 4.69) is 79.1 Å². The Morgan fingerprint density at radius 3 is 1.52 bits per heavy atom. The van der Waals surface area contributed by atoms with Crippen LogP contribution in [0, 0.1) is 0 Å². The van der Waals surface area contributed by atoms with Crippen molar-refractivity contribution in [3.63, 3.8) is 0 Å². The molecular weight excluding hydrogens is 733 g/mol. The summed E-state index contributed by atoms with van der Waals surface area (Å²) in [6, 6.07) is -1.53. The second kappa shape index (κ2) is 39.0. The minimum atomic E-state index is -4.73. The van der Waals surface area contributed by atoms with E-state index >= 15 is 0 Å². The van der Waals surface area contributed by atoms with Crippen molar-refractivity contribution >= 4 is 25.7 Å². The molecule has 0 aromatic carbocycles. The summed E-state index contributed by atoms with van der Waals surface area (Å²) in [5.41, 5.74) is 5.33. The maximum absolute atomic E-state index is 12.6. The molecule has 0 aliphatic heterocycles. The summed E-state index contributed by atoms with van der Waals surface area (Å²) in [5.74, 6) is -2.43. The maximum Gasteiger partial charge on any atom is 0.472 e. The number of ether oxygens (including phenoxy) is 2. The zero-order chi connectivity index (χ0) is 41.4. The zero-order valence-corrected chi connectivity index (χ0v) is 35.6. The highest BCUT2D eigenvalue weighted by Crippen LogP contribution is 2.43. The fourth-order valence-corrected chi connectivity index (χ4v) is 6.12. The number of phosphoric ester groups is 1. The lowest BCUT2D eigenvalue weighted by molar-refractivity contribution is -0.161. The number of hydrogen-bond acceptors (Lipinski definition) is 9. The van der Waals surface area contributed by atoms with Crippen LogP contribution in [0.1, 0.15) is 168 Å². The number of allylic oxidation sites excluding steroid dienone is 10. The van der Waals surface area contributed by atoms with Gasteiger partial charge in [-0.2, -0.15) is 0 Å². The Kier molecular flexibility index (Phi) is 37.1. The number of aliphatic carboxylic acids is 1. The van der Waals surface area contributed by atoms with Gasteiger partial charge >= 0.3 is 25.7 Å². The van der Waals surface area contributed by atoms with Crippen molar-refractivity contribution in [2.45, 2.75) is 180 Å². The molecule has 0 saturated heterocycles. The molecule has 11 nitrogen and oxygen atoms in total. The van der Waals surface area contributed by atoms with Gasteiger partial charge in [0, 0.05) is 12.8 Å². The van der Waals surface area contributed by atoms with Gasteiger partial charge in [0.05, 0.1) is 13.2 Å². The van der Waals surface area contributed by atoms with Gasteiger partial charge in [-0.15, -0.1) is 0 Å². The highest BCUT2D eigenvalue weighted by Gasteiger charge is 2.28. The Balaban J connectivity index is 4.46. The van der Waals surface area contributed by atoms with Crippen LogP contribution >= 0.6 is 7.82 Å². The highest BCUT2D eigenvalue weighted by molar-refractivity contribution is 7.47. The smallest absolute Gasteiger partial charge is 0.472 e. The minimum Gasteiger partial charge on any atom is -0.480 e. The largest absolute Gasteiger partial charge is 0.480 e. The third-order valence-electron chi connectivity index (χ3n) is 8.72. The SMILES string of the molecule is CCC/C=C/C/C=C/C/C=C/C/C=C/CCCCCC(=O)O[C@H](COC(=O)CCCCCCCCC/C=C/CCCCCC)COP(=O)(O)OC[C@H](N)C(=O)O. The number of carbonyl (C=O) groups is 3. The number of rotatable bonds is 39. The maximum atomic E-state index is 12.6. The number of nitrogens with two attached hydrogens (primary N) is 1. The monoisotopic (exact) mass is 810 g/mol. The molecule has 0 radical (unpaired) electrons. The van der Waals surface area contributed by atoms with Crippen molar-refractivity contribution < 1.29 is 47.5 Å². The van der Waals surface area contributed by atoms with Gasteiger partial charge in [0.2, 0.25) is 0 Å². The summed E-state index contributed by atoms with van der Waals surface area (Å²) in [6.07, 6.45) is 44.2. The Bertz CT molecular complexity index is 1180. The molecule has 0 aromatic rings. The standard InChI is InChI=1S/C44H76NO10P/c1-3-5-7-9-11-13-15-17-19-20-22-24-26-28-30-32-34-36-43(47)55-40(38-53-56(50,51)54-39-41(45)44(48)49)37-52-42(46)35-33-31-29-27-25-23-21-18-16-14-12-10-8-6-4-2/h7,9,13-16,19-20,24,26,40-41H,3-6,8,10-12,17-18,21-23,25,27-39,45H2,1-2H3,(H,48,49)(H,50,51)/b9-7+,15-13+,16-14+,20-19+,26-24+/t40-,41+/m1/s1. The Morgan fingerprint density at radius 2 is 0.982 bits per heavy atom. The lowest BCUT2D eigenvalue weighted by Gasteiger charge is -2.20. The van der Waals surface area contributed by atoms with Crippen LogP contribution in [-0.4, -0.2) is 59.9 Å². The van der Waals surface area contributed by atoms with Crippen molar-refractivity contribution in [1.82, 2.24) is 0 Å². The van der Waals surface area contributed by atoms with E-state index in [0.717, 1.165) is 70.6 Å². The van der Waals surface area contributed by atoms with Gasteiger partial charge in [0.1, 0.15) is 12.6 Å². The quantitative estimate of drug-likeness (QED) is 0.0233. The molecule has 322 valence electrons. The Hall–Kier alpha value is -2.82. The number of unbranched alkanes of at least 4 members (excludes halogenated alkanes) is 15. The van der Waals surface area contributed by atoms with Crippen LogP contribution in [-0.2, 0) is 37.5 Å². The van der Waals surface area contributed by atoms with E-state index in [-0.39, 0.29) is 19.4 Å². The van der Waals surface area contributed by atoms with Gasteiger partial charge in [0.25, 0.3) is 0 Å². The van der Waals surface area contributed by atoms with Crippen molar-refractivity contribution in [3.8, 4) is 0 Å². The molecule has 4 N–H and O–H groups in total. The molecule has 3 atom stereocenters. The van der Waals surface area contributed by atoms with E-state index in [1.54, 1.807) is 0 Å². The first kappa shape index (κ1) is 53.2. The molecule has 0 aliphatic carbocycles. The average molecular weight is 810 g/mol. The Morgan fingerprint density at radius 1 is 0.554 bits per heavy atom. The average Bonchev–Trinajstić information content (AvgIpc) is 3.17. The van der Waals surface area contributed by atoms with Crippen LogP contribution in [0.3, 0.4) is 0 Å². The molecular formula is C44H76NO10P. The van der Waals surface area contributed by atoms with Crippen LogP contribution in [0.4, 0.5) is 0 Å². The molecule has 0 rings (SSSR count). The fourth-order valence-electron chi connectivity index (χ4n) is 5.34. The van der Waals surface area contributed by atoms with Gasteiger partial charge in [-0.1, -0.05) is 139 Å². The van der Waals surface area contributed by atoms with Gasteiger partial charge < -0.3 is 25.2 Å². The predicted molar refractivity (Wildman–Crippen MR) is 226 cm³/mol. The molecule has 0 spiro atoms. The summed E-state index contributed by atoms with van der Waals surface area (Å²) in [7, 11) is -4.73. The van der Waals surface area contributed by atoms with Crippen LogP contribution < -0.4 is 5.73 Å². The van der Waals surface area contributed by atoms with E-state index in [1.807, 2.05) is 0 Å². The van der Waals surface area contributed by atoms with Crippen LogP contribution in [0.5, 0.6) is 0 Å². The number of hydrogen-bond donors (Lipinski definition) is 3. The lowest BCUT2D eigenvalue weighted by Crippen LogP contribution is -2.34. The van der Waals surface area contributed by atoms with E-state index in [1.165, 1.54) is 57.8 Å². The first-order chi connectivity index (χ1) is 27.1. The molecule has 0 bridgehead atoms. The van der Waals surface area contributed by atoms with Crippen molar-refractivity contribution in [1.29, 1.82) is 0 Å². The van der Waals surface area contributed by atoms with E-state index in [4.69, 9.17) is 24.8 Å². The van der Waals surface area contributed by atoms with Gasteiger partial charge in [-0.25, -0.2) is 4.57 Å². The van der Waals surface area contributed by atoms with Gasteiger partial charge in [0.15, 0.2) is 6.10 Å². The molecule has 56 heavy (non-hydrogen) atoms. The van der Waals surface area contributed by atoms with Crippen LogP contribution in [0.2, 0.25) is 0 Å². The Labute approximate surface area is 338 Å². The van der Waals surface area contributed by atoms with Crippen molar-refractivity contribution in [3.05, 3.63) is 60.8 Å². The summed E-state index contributed by atoms with van der Waals surface area (Å²) >= 11 is 0. The topological polar surface area (TPSA) is 172 Å². The number of carboxylic acids is 1. The second-order valence-electron chi connectivity index (χ2n) is 14.1. The molecule has 0 aromatic heterocycles. The lowest BCUT2D eigenvalue weighted by atomic mass is 10.1. The molecule has 0 saturated carbocycles. The number of esters is 2. The molecule has 0 aliphatic rings. The summed E-state index contributed by atoms with van der Waals surface area (Å²) in [4.78, 5) is 45.9. The van der Waals surface area contributed by atoms with E-state index < -0.39 is 51.1 Å². The molecule has 0 fully saturated rings. The van der Waals surface area contributed by atoms with Crippen LogP contribution in [0.15, 0.2) is 60.8 Å². The summed E-state index contributed by atoms with van der Waals surface area (Å²) in [6.45, 7) is 2.67.